The number of fused-ring (bicyclic) bond motifs is 1. The molecule has 0 aliphatic heterocycles. The van der Waals surface area contributed by atoms with Gasteiger partial charge in [0.1, 0.15) is 0 Å². The van der Waals surface area contributed by atoms with Gasteiger partial charge >= 0.3 is 12.6 Å². The SMILES string of the molecule is CCOc1cc(C=Cc2cc(C(=O)O)c3ccccc3n2)ccc1OC(F)F. The van der Waals surface area contributed by atoms with Crippen molar-refractivity contribution in [2.45, 2.75) is 13.5 Å². The highest BCUT2D eigenvalue weighted by Gasteiger charge is 2.12. The van der Waals surface area contributed by atoms with Gasteiger partial charge in [-0.25, -0.2) is 9.78 Å². The zero-order valence-electron chi connectivity index (χ0n) is 14.9. The Kier molecular flexibility index (Phi) is 5.84. The molecule has 0 saturated heterocycles. The standard InChI is InChI=1S/C21H17F2NO4/c1-2-27-19-11-13(8-10-18(19)28-21(22)23)7-9-14-12-16(20(25)26)15-5-3-4-6-17(15)24-14/h3-12,21H,2H2,1H3,(H,25,26). The molecular weight excluding hydrogens is 368 g/mol. The summed E-state index contributed by atoms with van der Waals surface area (Å²) in [5.74, 6) is -0.894. The van der Waals surface area contributed by atoms with Crippen LogP contribution in [-0.2, 0) is 0 Å². The largest absolute Gasteiger partial charge is 0.490 e. The number of carbonyl (C=O) groups is 1. The Morgan fingerprint density at radius 3 is 2.64 bits per heavy atom. The Morgan fingerprint density at radius 1 is 1.14 bits per heavy atom. The predicted molar refractivity (Wildman–Crippen MR) is 102 cm³/mol. The van der Waals surface area contributed by atoms with Gasteiger partial charge in [0.25, 0.3) is 0 Å². The molecule has 1 aromatic heterocycles. The highest BCUT2D eigenvalue weighted by molar-refractivity contribution is 6.03. The van der Waals surface area contributed by atoms with E-state index >= 15 is 0 Å². The molecule has 0 amide bonds. The number of ether oxygens (including phenoxy) is 2. The molecule has 0 spiro atoms. The van der Waals surface area contributed by atoms with Gasteiger partial charge in [0.2, 0.25) is 0 Å². The second-order valence-electron chi connectivity index (χ2n) is 5.77. The van der Waals surface area contributed by atoms with Crippen molar-refractivity contribution in [2.75, 3.05) is 6.61 Å². The molecule has 0 aliphatic carbocycles. The second kappa shape index (κ2) is 8.47. The van der Waals surface area contributed by atoms with Gasteiger partial charge in [0.05, 0.1) is 23.4 Å². The number of rotatable bonds is 7. The lowest BCUT2D eigenvalue weighted by Crippen LogP contribution is -2.04. The molecule has 1 N–H and O–H groups in total. The first kappa shape index (κ1) is 19.3. The fraction of sp³-hybridized carbons (Fsp3) is 0.143. The van der Waals surface area contributed by atoms with E-state index in [1.165, 1.54) is 12.1 Å². The average molecular weight is 385 g/mol. The molecule has 0 saturated carbocycles. The van der Waals surface area contributed by atoms with Crippen LogP contribution in [0.25, 0.3) is 23.1 Å². The molecule has 28 heavy (non-hydrogen) atoms. The van der Waals surface area contributed by atoms with Crippen LogP contribution in [0, 0.1) is 0 Å². The molecule has 144 valence electrons. The van der Waals surface area contributed by atoms with Crippen molar-refractivity contribution in [3.05, 3.63) is 65.4 Å². The number of carboxylic acids is 1. The number of benzene rings is 2. The van der Waals surface area contributed by atoms with Crippen LogP contribution in [0.2, 0.25) is 0 Å². The smallest absolute Gasteiger partial charge is 0.387 e. The minimum absolute atomic E-state index is 0.0500. The lowest BCUT2D eigenvalue weighted by molar-refractivity contribution is -0.0514. The van der Waals surface area contributed by atoms with Gasteiger partial charge in [0.15, 0.2) is 11.5 Å². The van der Waals surface area contributed by atoms with Gasteiger partial charge in [-0.1, -0.05) is 30.3 Å². The molecule has 3 aromatic rings. The Bertz CT molecular complexity index is 1030. The molecule has 2 aromatic carbocycles. The van der Waals surface area contributed by atoms with Crippen LogP contribution in [0.4, 0.5) is 8.78 Å². The van der Waals surface area contributed by atoms with Crippen LogP contribution in [0.5, 0.6) is 11.5 Å². The van der Waals surface area contributed by atoms with Crippen LogP contribution >= 0.6 is 0 Å². The molecular formula is C21H17F2NO4. The van der Waals surface area contributed by atoms with E-state index in [-0.39, 0.29) is 17.1 Å². The third kappa shape index (κ3) is 4.43. The Morgan fingerprint density at radius 2 is 1.93 bits per heavy atom. The molecule has 7 heteroatoms. The number of aromatic carboxylic acids is 1. The first-order valence-electron chi connectivity index (χ1n) is 8.50. The zero-order valence-corrected chi connectivity index (χ0v) is 14.9. The summed E-state index contributed by atoms with van der Waals surface area (Å²) >= 11 is 0. The first-order chi connectivity index (χ1) is 13.5. The van der Waals surface area contributed by atoms with E-state index in [0.717, 1.165) is 0 Å². The van der Waals surface area contributed by atoms with E-state index < -0.39 is 12.6 Å². The maximum atomic E-state index is 12.5. The van der Waals surface area contributed by atoms with Crippen molar-refractivity contribution in [3.63, 3.8) is 0 Å². The summed E-state index contributed by atoms with van der Waals surface area (Å²) in [6, 6.07) is 13.0. The summed E-state index contributed by atoms with van der Waals surface area (Å²) < 4.78 is 34.8. The highest BCUT2D eigenvalue weighted by Crippen LogP contribution is 2.30. The van der Waals surface area contributed by atoms with Gasteiger partial charge in [0, 0.05) is 5.39 Å². The molecule has 0 radical (unpaired) electrons. The van der Waals surface area contributed by atoms with Crippen LogP contribution in [0.15, 0.2) is 48.5 Å². The quantitative estimate of drug-likeness (QED) is 0.613. The summed E-state index contributed by atoms with van der Waals surface area (Å²) in [5, 5.41) is 10.0. The van der Waals surface area contributed by atoms with E-state index in [1.54, 1.807) is 55.5 Å². The monoisotopic (exact) mass is 385 g/mol. The minimum Gasteiger partial charge on any atom is -0.490 e. The number of alkyl halides is 2. The summed E-state index contributed by atoms with van der Waals surface area (Å²) in [4.78, 5) is 16.0. The third-order valence-electron chi connectivity index (χ3n) is 3.90. The number of nitrogens with zero attached hydrogens (tertiary/aromatic N) is 1. The van der Waals surface area contributed by atoms with Crippen molar-refractivity contribution < 1.29 is 28.2 Å². The van der Waals surface area contributed by atoms with Crippen LogP contribution in [0.1, 0.15) is 28.5 Å². The normalized spacial score (nSPS) is 11.3. The van der Waals surface area contributed by atoms with Gasteiger partial charge in [-0.3, -0.25) is 0 Å². The Balaban J connectivity index is 1.95. The lowest BCUT2D eigenvalue weighted by atomic mass is 10.1. The van der Waals surface area contributed by atoms with Crippen molar-refractivity contribution in [1.29, 1.82) is 0 Å². The second-order valence-corrected chi connectivity index (χ2v) is 5.77. The van der Waals surface area contributed by atoms with Crippen molar-refractivity contribution >= 4 is 29.0 Å². The van der Waals surface area contributed by atoms with Gasteiger partial charge in [-0.05, 0) is 42.8 Å². The van der Waals surface area contributed by atoms with Gasteiger partial charge in [-0.15, -0.1) is 0 Å². The molecule has 5 nitrogen and oxygen atoms in total. The molecule has 1 heterocycles. The highest BCUT2D eigenvalue weighted by atomic mass is 19.3. The van der Waals surface area contributed by atoms with Gasteiger partial charge < -0.3 is 14.6 Å². The molecule has 0 bridgehead atoms. The minimum atomic E-state index is -2.95. The number of pyridine rings is 1. The molecule has 3 rings (SSSR count). The third-order valence-corrected chi connectivity index (χ3v) is 3.90. The van der Waals surface area contributed by atoms with Crippen LogP contribution in [0.3, 0.4) is 0 Å². The first-order valence-corrected chi connectivity index (χ1v) is 8.50. The van der Waals surface area contributed by atoms with E-state index in [0.29, 0.717) is 28.8 Å². The Labute approximate surface area is 159 Å². The number of hydrogen-bond acceptors (Lipinski definition) is 4. The van der Waals surface area contributed by atoms with E-state index in [2.05, 4.69) is 9.72 Å². The summed E-state index contributed by atoms with van der Waals surface area (Å²) in [5.41, 5.74) is 1.84. The molecule has 0 fully saturated rings. The molecule has 0 atom stereocenters. The Hall–Kier alpha value is -3.48. The molecule has 0 aliphatic rings. The van der Waals surface area contributed by atoms with Crippen LogP contribution in [-0.4, -0.2) is 29.3 Å². The number of carboxylic acid groups (broad SMARTS) is 1. The number of halogens is 2. The zero-order chi connectivity index (χ0) is 20.1. The number of hydrogen-bond donors (Lipinski definition) is 1. The lowest BCUT2D eigenvalue weighted by Gasteiger charge is -2.11. The molecule has 0 unspecified atom stereocenters. The topological polar surface area (TPSA) is 68.7 Å². The maximum Gasteiger partial charge on any atom is 0.387 e. The number of para-hydroxylation sites is 1. The van der Waals surface area contributed by atoms with E-state index in [1.807, 2.05) is 0 Å². The summed E-state index contributed by atoms with van der Waals surface area (Å²) in [7, 11) is 0. The fourth-order valence-electron chi connectivity index (χ4n) is 2.73. The van der Waals surface area contributed by atoms with E-state index in [4.69, 9.17) is 4.74 Å². The average Bonchev–Trinajstić information content (AvgIpc) is 2.67. The van der Waals surface area contributed by atoms with Crippen molar-refractivity contribution in [3.8, 4) is 11.5 Å². The predicted octanol–water partition coefficient (Wildman–Crippen LogP) is 5.10. The number of aromatic nitrogens is 1. The van der Waals surface area contributed by atoms with E-state index in [9.17, 15) is 18.7 Å². The van der Waals surface area contributed by atoms with Crippen LogP contribution < -0.4 is 9.47 Å². The van der Waals surface area contributed by atoms with Crippen molar-refractivity contribution in [2.24, 2.45) is 0 Å². The van der Waals surface area contributed by atoms with Gasteiger partial charge in [-0.2, -0.15) is 8.78 Å². The fourth-order valence-corrected chi connectivity index (χ4v) is 2.73. The maximum absolute atomic E-state index is 12.5. The van der Waals surface area contributed by atoms with Crippen molar-refractivity contribution in [1.82, 2.24) is 4.98 Å². The summed E-state index contributed by atoms with van der Waals surface area (Å²) in [6.45, 7) is -0.918. The summed E-state index contributed by atoms with van der Waals surface area (Å²) in [6.07, 6.45) is 3.34.